The second-order valence-corrected chi connectivity index (χ2v) is 10.6. The van der Waals surface area contributed by atoms with Crippen molar-refractivity contribution in [2.24, 2.45) is 0 Å². The van der Waals surface area contributed by atoms with Crippen LogP contribution in [0.3, 0.4) is 0 Å². The largest absolute Gasteiger partial charge is 0.497 e. The summed E-state index contributed by atoms with van der Waals surface area (Å²) in [5, 5.41) is -7.93. The minimum absolute atomic E-state index is 0.142. The van der Waals surface area contributed by atoms with Crippen molar-refractivity contribution in [3.05, 3.63) is 24.3 Å². The Kier molecular flexibility index (Phi) is 9.41. The zero-order valence-electron chi connectivity index (χ0n) is 21.8. The number of carbonyl (C=O) groups is 2. The van der Waals surface area contributed by atoms with Crippen molar-refractivity contribution >= 4 is 27.7 Å². The molecular formula is C20H13F17N2O6S. The van der Waals surface area contributed by atoms with Gasteiger partial charge in [0.25, 0.3) is 5.91 Å². The van der Waals surface area contributed by atoms with Crippen LogP contribution in [0.5, 0.6) is 5.75 Å². The zero-order chi connectivity index (χ0) is 36.5. The highest BCUT2D eigenvalue weighted by Crippen LogP contribution is 2.64. The van der Waals surface area contributed by atoms with Gasteiger partial charge in [0.05, 0.1) is 12.8 Å². The van der Waals surface area contributed by atoms with Crippen molar-refractivity contribution in [3.63, 3.8) is 0 Å². The molecule has 1 saturated heterocycles. The van der Waals surface area contributed by atoms with E-state index in [1.165, 1.54) is 7.11 Å². The van der Waals surface area contributed by atoms with E-state index < -0.39 is 81.8 Å². The van der Waals surface area contributed by atoms with Crippen LogP contribution in [0.4, 0.5) is 85.1 Å². The third-order valence-corrected chi connectivity index (χ3v) is 7.47. The maximum Gasteiger partial charge on any atom is 0.460 e. The number of rotatable bonds is 12. The molecule has 264 valence electrons. The van der Waals surface area contributed by atoms with Gasteiger partial charge in [0.2, 0.25) is 0 Å². The number of carbonyl (C=O) groups excluding carboxylic acids is 2. The molecule has 1 aliphatic heterocycles. The van der Waals surface area contributed by atoms with Gasteiger partial charge in [0.15, 0.2) is 0 Å². The Morgan fingerprint density at radius 1 is 0.674 bits per heavy atom. The lowest BCUT2D eigenvalue weighted by atomic mass is 9.91. The molecule has 46 heavy (non-hydrogen) atoms. The lowest BCUT2D eigenvalue weighted by Gasteiger charge is -2.42. The molecule has 1 heterocycles. The van der Waals surface area contributed by atoms with Gasteiger partial charge in [-0.25, -0.2) is 13.9 Å². The van der Waals surface area contributed by atoms with E-state index in [4.69, 9.17) is 4.74 Å². The SMILES string of the molecule is COc1ccc(N2C(=O)C(C)N(COS(=O)(=O)C(F)(F)C(F)(F)C(F)(F)C(F)(F)C(F)(F)C(F)(F)C(F)(F)C(F)(F)F)C2=O)cc1. The summed E-state index contributed by atoms with van der Waals surface area (Å²) in [6, 6.07) is 0.698. The van der Waals surface area contributed by atoms with Gasteiger partial charge in [-0.15, -0.1) is 0 Å². The average molecular weight is 732 g/mol. The highest BCUT2D eigenvalue weighted by atomic mass is 32.2. The summed E-state index contributed by atoms with van der Waals surface area (Å²) in [5.41, 5.74) is -0.333. The first-order valence-corrected chi connectivity index (χ1v) is 12.5. The van der Waals surface area contributed by atoms with Crippen LogP contribution >= 0.6 is 0 Å². The van der Waals surface area contributed by atoms with E-state index in [9.17, 15) is 92.6 Å². The molecule has 1 atom stereocenters. The maximum absolute atomic E-state index is 14.2. The summed E-state index contributed by atoms with van der Waals surface area (Å²) in [4.78, 5) is 25.0. The predicted molar refractivity (Wildman–Crippen MR) is 113 cm³/mol. The topological polar surface area (TPSA) is 93.2 Å². The highest BCUT2D eigenvalue weighted by molar-refractivity contribution is 7.87. The zero-order valence-corrected chi connectivity index (χ0v) is 22.6. The molecule has 2 rings (SSSR count). The third-order valence-electron chi connectivity index (χ3n) is 6.17. The molecule has 0 bridgehead atoms. The van der Waals surface area contributed by atoms with Crippen LogP contribution in [0.1, 0.15) is 6.92 Å². The van der Waals surface area contributed by atoms with Gasteiger partial charge in [-0.3, -0.25) is 9.69 Å². The van der Waals surface area contributed by atoms with Gasteiger partial charge in [-0.1, -0.05) is 0 Å². The van der Waals surface area contributed by atoms with E-state index >= 15 is 0 Å². The number of urea groups is 1. The Bertz CT molecular complexity index is 1450. The molecule has 3 amide bonds. The lowest BCUT2D eigenvalue weighted by molar-refractivity contribution is -0.458. The molecule has 0 aliphatic carbocycles. The van der Waals surface area contributed by atoms with Crippen molar-refractivity contribution in [3.8, 4) is 5.75 Å². The summed E-state index contributed by atoms with van der Waals surface area (Å²) in [6.07, 6.45) is -7.95. The van der Waals surface area contributed by atoms with E-state index in [0.29, 0.717) is 0 Å². The number of alkyl halides is 17. The summed E-state index contributed by atoms with van der Waals surface area (Å²) in [5.74, 6) is -53.8. The number of nitrogens with zero attached hydrogens (tertiary/aromatic N) is 2. The number of hydrogen-bond acceptors (Lipinski definition) is 6. The lowest BCUT2D eigenvalue weighted by Crippen LogP contribution is -2.75. The smallest absolute Gasteiger partial charge is 0.460 e. The predicted octanol–water partition coefficient (Wildman–Crippen LogP) is 6.12. The van der Waals surface area contributed by atoms with Crippen LogP contribution < -0.4 is 9.64 Å². The van der Waals surface area contributed by atoms with Crippen LogP contribution in [-0.2, 0) is 19.1 Å². The first kappa shape index (κ1) is 38.9. The van der Waals surface area contributed by atoms with Crippen molar-refractivity contribution in [2.45, 2.75) is 59.9 Å². The number of methoxy groups -OCH3 is 1. The maximum atomic E-state index is 14.2. The first-order valence-electron chi connectivity index (χ1n) is 11.1. The minimum atomic E-state index is -9.01. The van der Waals surface area contributed by atoms with Crippen LogP contribution in [0.2, 0.25) is 0 Å². The Morgan fingerprint density at radius 2 is 1.07 bits per heavy atom. The molecule has 1 unspecified atom stereocenters. The van der Waals surface area contributed by atoms with Gasteiger partial charge in [-0.2, -0.15) is 83.1 Å². The second-order valence-electron chi connectivity index (χ2n) is 8.96. The summed E-state index contributed by atoms with van der Waals surface area (Å²) in [6.45, 7) is -1.58. The Morgan fingerprint density at radius 3 is 1.46 bits per heavy atom. The molecule has 1 aromatic carbocycles. The van der Waals surface area contributed by atoms with E-state index in [1.807, 2.05) is 0 Å². The Balaban J connectivity index is 2.46. The molecule has 0 spiro atoms. The van der Waals surface area contributed by atoms with Gasteiger partial charge in [0, 0.05) is 0 Å². The fraction of sp³-hybridized carbons (Fsp3) is 0.600. The minimum Gasteiger partial charge on any atom is -0.497 e. The van der Waals surface area contributed by atoms with Crippen LogP contribution in [0.25, 0.3) is 0 Å². The Labute approximate surface area is 243 Å². The van der Waals surface area contributed by atoms with E-state index in [1.54, 1.807) is 0 Å². The summed E-state index contributed by atoms with van der Waals surface area (Å²) >= 11 is 0. The molecule has 0 radical (unpaired) electrons. The fourth-order valence-electron chi connectivity index (χ4n) is 3.35. The molecule has 1 fully saturated rings. The highest BCUT2D eigenvalue weighted by Gasteiger charge is 2.96. The molecule has 0 saturated carbocycles. The molecule has 0 aromatic heterocycles. The summed E-state index contributed by atoms with van der Waals surface area (Å²) < 4.78 is 260. The number of halogens is 17. The number of amides is 3. The van der Waals surface area contributed by atoms with E-state index in [2.05, 4.69) is 4.18 Å². The monoisotopic (exact) mass is 732 g/mol. The van der Waals surface area contributed by atoms with E-state index in [-0.39, 0.29) is 21.2 Å². The van der Waals surface area contributed by atoms with Crippen molar-refractivity contribution in [1.29, 1.82) is 0 Å². The number of benzene rings is 1. The first-order chi connectivity index (χ1) is 20.2. The normalized spacial score (nSPS) is 18.5. The van der Waals surface area contributed by atoms with Crippen molar-refractivity contribution < 1.29 is 102 Å². The van der Waals surface area contributed by atoms with Gasteiger partial charge < -0.3 is 4.74 Å². The van der Waals surface area contributed by atoms with Crippen molar-refractivity contribution in [1.82, 2.24) is 4.90 Å². The standard InChI is InChI=1S/C20H13F17N2O6S/c1-8-11(40)39(9-3-5-10(44-2)6-4-9)12(41)38(8)7-45-46(42,43)20(36,37)18(31,32)16(27,28)14(23,24)13(21,22)15(25,26)17(29,30)19(33,34)35/h3-6,8H,7H2,1-2H3. The third kappa shape index (κ3) is 5.23. The average Bonchev–Trinajstić information content (AvgIpc) is 3.12. The number of imide groups is 1. The van der Waals surface area contributed by atoms with Crippen LogP contribution in [0.15, 0.2) is 24.3 Å². The van der Waals surface area contributed by atoms with Crippen LogP contribution in [0, 0.1) is 0 Å². The number of ether oxygens (including phenoxy) is 1. The molecular weight excluding hydrogens is 719 g/mol. The fourth-order valence-corrected chi connectivity index (χ4v) is 4.19. The summed E-state index contributed by atoms with van der Waals surface area (Å²) in [7, 11) is -6.75. The molecule has 26 heteroatoms. The molecule has 8 nitrogen and oxygen atoms in total. The molecule has 1 aliphatic rings. The number of hydrogen-bond donors (Lipinski definition) is 0. The van der Waals surface area contributed by atoms with Gasteiger partial charge in [-0.05, 0) is 31.2 Å². The van der Waals surface area contributed by atoms with Crippen LogP contribution in [-0.4, -0.2) is 92.1 Å². The Hall–Kier alpha value is -3.32. The number of anilines is 1. The quantitative estimate of drug-likeness (QED) is 0.146. The van der Waals surface area contributed by atoms with Gasteiger partial charge >= 0.3 is 63.1 Å². The second kappa shape index (κ2) is 11.1. The molecule has 1 aromatic rings. The van der Waals surface area contributed by atoms with E-state index in [0.717, 1.165) is 31.2 Å². The molecule has 0 N–H and O–H groups in total. The van der Waals surface area contributed by atoms with Crippen molar-refractivity contribution in [2.75, 3.05) is 18.7 Å². The van der Waals surface area contributed by atoms with Gasteiger partial charge in [0.1, 0.15) is 18.5 Å².